The molecule has 1 saturated heterocycles. The third-order valence-corrected chi connectivity index (χ3v) is 5.71. The number of nitrogens with one attached hydrogen (secondary N) is 2. The fraction of sp³-hybridized carbons (Fsp3) is 0.789. The molecule has 25 heavy (non-hydrogen) atoms. The highest BCUT2D eigenvalue weighted by Gasteiger charge is 2.30. The maximum Gasteiger partial charge on any atom is 0.317 e. The normalized spacial score (nSPS) is 22.2. The van der Waals surface area contributed by atoms with Crippen LogP contribution in [0.15, 0.2) is 6.20 Å². The fourth-order valence-corrected chi connectivity index (χ4v) is 4.37. The van der Waals surface area contributed by atoms with Crippen LogP contribution in [0.25, 0.3) is 0 Å². The van der Waals surface area contributed by atoms with Crippen molar-refractivity contribution in [3.63, 3.8) is 0 Å². The van der Waals surface area contributed by atoms with Gasteiger partial charge in [-0.3, -0.25) is 4.90 Å². The summed E-state index contributed by atoms with van der Waals surface area (Å²) in [6, 6.07) is 1.43. The topological polar surface area (TPSA) is 64.3 Å². The first-order chi connectivity index (χ1) is 12.1. The second kappa shape index (κ2) is 8.70. The van der Waals surface area contributed by atoms with Crippen LogP contribution in [-0.2, 0) is 6.54 Å². The van der Waals surface area contributed by atoms with Crippen LogP contribution in [0.4, 0.5) is 4.79 Å². The van der Waals surface area contributed by atoms with E-state index in [9.17, 15) is 4.79 Å². The number of urea groups is 1. The average Bonchev–Trinajstić information content (AvgIpc) is 3.27. The molecule has 2 N–H and O–H groups in total. The first-order valence-electron chi connectivity index (χ1n) is 9.88. The summed E-state index contributed by atoms with van der Waals surface area (Å²) >= 11 is 0. The van der Waals surface area contributed by atoms with Crippen LogP contribution in [0.5, 0.6) is 0 Å². The van der Waals surface area contributed by atoms with Gasteiger partial charge in [0.05, 0.1) is 6.54 Å². The Kier molecular flexibility index (Phi) is 6.34. The number of aromatic amines is 1. The van der Waals surface area contributed by atoms with Gasteiger partial charge in [0.2, 0.25) is 0 Å². The average molecular weight is 348 g/mol. The molecule has 1 aliphatic carbocycles. The Morgan fingerprint density at radius 3 is 2.80 bits per heavy atom. The Morgan fingerprint density at radius 2 is 2.08 bits per heavy atom. The predicted octanol–water partition coefficient (Wildman–Crippen LogP) is 3.05. The first kappa shape index (κ1) is 18.2. The molecule has 2 fully saturated rings. The Bertz CT molecular complexity index is 552. The van der Waals surface area contributed by atoms with Crippen LogP contribution in [0.3, 0.4) is 0 Å². The van der Waals surface area contributed by atoms with E-state index in [2.05, 4.69) is 20.2 Å². The SMILES string of the molecule is Cc1cnc(CN(C)C(=O)NCC[C@H]2CCCCN2C2CCCC2)[nH]1. The molecule has 2 heterocycles. The number of likely N-dealkylation sites (tertiary alicyclic amines) is 1. The molecule has 1 aliphatic heterocycles. The van der Waals surface area contributed by atoms with Gasteiger partial charge in [0.25, 0.3) is 0 Å². The number of carbonyl (C=O) groups is 1. The van der Waals surface area contributed by atoms with Crippen molar-refractivity contribution in [2.24, 2.45) is 0 Å². The molecule has 1 atom stereocenters. The van der Waals surface area contributed by atoms with Gasteiger partial charge in [-0.15, -0.1) is 0 Å². The third kappa shape index (κ3) is 4.97. The van der Waals surface area contributed by atoms with Gasteiger partial charge in [0, 0.05) is 37.6 Å². The smallest absolute Gasteiger partial charge is 0.317 e. The zero-order chi connectivity index (χ0) is 17.6. The van der Waals surface area contributed by atoms with Gasteiger partial charge in [0.1, 0.15) is 5.82 Å². The summed E-state index contributed by atoms with van der Waals surface area (Å²) in [7, 11) is 1.82. The quantitative estimate of drug-likeness (QED) is 0.831. The number of imidazole rings is 1. The highest BCUT2D eigenvalue weighted by molar-refractivity contribution is 5.73. The van der Waals surface area contributed by atoms with Crippen molar-refractivity contribution < 1.29 is 4.79 Å². The molecule has 1 saturated carbocycles. The molecule has 0 bridgehead atoms. The van der Waals surface area contributed by atoms with Crippen molar-refractivity contribution in [3.8, 4) is 0 Å². The molecule has 6 nitrogen and oxygen atoms in total. The van der Waals surface area contributed by atoms with Crippen LogP contribution in [0.1, 0.15) is 62.9 Å². The van der Waals surface area contributed by atoms with Gasteiger partial charge in [0.15, 0.2) is 0 Å². The molecule has 0 radical (unpaired) electrons. The van der Waals surface area contributed by atoms with E-state index < -0.39 is 0 Å². The monoisotopic (exact) mass is 347 g/mol. The molecular formula is C19H33N5O. The number of amides is 2. The summed E-state index contributed by atoms with van der Waals surface area (Å²) in [6.45, 7) is 4.49. The number of hydrogen-bond donors (Lipinski definition) is 2. The fourth-order valence-electron chi connectivity index (χ4n) is 4.37. The van der Waals surface area contributed by atoms with Crippen LogP contribution in [-0.4, -0.2) is 58.0 Å². The molecule has 140 valence electrons. The van der Waals surface area contributed by atoms with E-state index in [1.54, 1.807) is 11.1 Å². The molecule has 1 aromatic rings. The van der Waals surface area contributed by atoms with Gasteiger partial charge in [-0.2, -0.15) is 0 Å². The van der Waals surface area contributed by atoms with Gasteiger partial charge < -0.3 is 15.2 Å². The Hall–Kier alpha value is -1.56. The van der Waals surface area contributed by atoms with Crippen LogP contribution in [0.2, 0.25) is 0 Å². The van der Waals surface area contributed by atoms with E-state index >= 15 is 0 Å². The predicted molar refractivity (Wildman–Crippen MR) is 99.4 cm³/mol. The Morgan fingerprint density at radius 1 is 1.32 bits per heavy atom. The van der Waals surface area contributed by atoms with Crippen molar-refractivity contribution in [2.75, 3.05) is 20.1 Å². The summed E-state index contributed by atoms with van der Waals surface area (Å²) < 4.78 is 0. The van der Waals surface area contributed by atoms with E-state index in [-0.39, 0.29) is 6.03 Å². The van der Waals surface area contributed by atoms with Crippen molar-refractivity contribution in [2.45, 2.75) is 76.9 Å². The van der Waals surface area contributed by atoms with Crippen molar-refractivity contribution in [1.29, 1.82) is 0 Å². The zero-order valence-electron chi connectivity index (χ0n) is 15.8. The van der Waals surface area contributed by atoms with Gasteiger partial charge in [-0.05, 0) is 45.6 Å². The lowest BCUT2D eigenvalue weighted by Gasteiger charge is -2.40. The number of aryl methyl sites for hydroxylation is 1. The lowest BCUT2D eigenvalue weighted by atomic mass is 9.96. The standard InChI is InChI=1S/C19H33N5O/c1-15-13-21-18(22-15)14-23(2)19(25)20-11-10-17-9-5-6-12-24(17)16-7-3-4-8-16/h13,16-17H,3-12,14H2,1-2H3,(H,20,25)(H,21,22)/t17-/m1/s1. The van der Waals surface area contributed by atoms with Crippen molar-refractivity contribution in [3.05, 3.63) is 17.7 Å². The highest BCUT2D eigenvalue weighted by Crippen LogP contribution is 2.30. The number of rotatable bonds is 6. The summed E-state index contributed by atoms with van der Waals surface area (Å²) in [4.78, 5) is 24.2. The highest BCUT2D eigenvalue weighted by atomic mass is 16.2. The Balaban J connectivity index is 1.42. The number of piperidine rings is 1. The first-order valence-corrected chi connectivity index (χ1v) is 9.88. The summed E-state index contributed by atoms with van der Waals surface area (Å²) in [5.74, 6) is 0.829. The number of nitrogens with zero attached hydrogens (tertiary/aromatic N) is 3. The molecule has 0 aromatic carbocycles. The van der Waals surface area contributed by atoms with E-state index in [1.807, 2.05) is 14.0 Å². The molecule has 2 aliphatic rings. The van der Waals surface area contributed by atoms with Gasteiger partial charge in [-0.25, -0.2) is 9.78 Å². The van der Waals surface area contributed by atoms with Crippen LogP contribution >= 0.6 is 0 Å². The minimum atomic E-state index is -0.0164. The van der Waals surface area contributed by atoms with Gasteiger partial charge >= 0.3 is 6.03 Å². The van der Waals surface area contributed by atoms with E-state index in [1.165, 1.54) is 51.5 Å². The lowest BCUT2D eigenvalue weighted by molar-refractivity contribution is 0.0912. The lowest BCUT2D eigenvalue weighted by Crippen LogP contribution is -2.47. The minimum absolute atomic E-state index is 0.0164. The maximum absolute atomic E-state index is 12.3. The molecular weight excluding hydrogens is 314 g/mol. The number of carbonyl (C=O) groups excluding carboxylic acids is 1. The van der Waals surface area contributed by atoms with Crippen LogP contribution < -0.4 is 5.32 Å². The second-order valence-corrected chi connectivity index (χ2v) is 7.72. The number of H-pyrrole nitrogens is 1. The van der Waals surface area contributed by atoms with E-state index in [4.69, 9.17) is 0 Å². The summed E-state index contributed by atoms with van der Waals surface area (Å²) in [6.07, 6.45) is 12.3. The van der Waals surface area contributed by atoms with E-state index in [0.29, 0.717) is 12.6 Å². The minimum Gasteiger partial charge on any atom is -0.345 e. The number of hydrogen-bond acceptors (Lipinski definition) is 3. The van der Waals surface area contributed by atoms with Gasteiger partial charge in [-0.1, -0.05) is 19.3 Å². The molecule has 0 spiro atoms. The summed E-state index contributed by atoms with van der Waals surface area (Å²) in [5.41, 5.74) is 1.02. The molecule has 3 rings (SSSR count). The third-order valence-electron chi connectivity index (χ3n) is 5.71. The molecule has 2 amide bonds. The molecule has 0 unspecified atom stereocenters. The number of aromatic nitrogens is 2. The van der Waals surface area contributed by atoms with Crippen molar-refractivity contribution >= 4 is 6.03 Å². The molecule has 6 heteroatoms. The van der Waals surface area contributed by atoms with E-state index in [0.717, 1.165) is 30.5 Å². The molecule has 1 aromatic heterocycles. The Labute approximate surface area is 151 Å². The largest absolute Gasteiger partial charge is 0.345 e. The van der Waals surface area contributed by atoms with Crippen LogP contribution in [0, 0.1) is 6.92 Å². The van der Waals surface area contributed by atoms with Crippen molar-refractivity contribution in [1.82, 2.24) is 25.1 Å². The zero-order valence-corrected chi connectivity index (χ0v) is 15.8. The summed E-state index contributed by atoms with van der Waals surface area (Å²) in [5, 5.41) is 3.09. The second-order valence-electron chi connectivity index (χ2n) is 7.72. The maximum atomic E-state index is 12.3.